The number of pyridine rings is 1. The highest BCUT2D eigenvalue weighted by Gasteiger charge is 2.22. The van der Waals surface area contributed by atoms with Crippen LogP contribution in [0.1, 0.15) is 0 Å². The maximum atomic E-state index is 5.16. The van der Waals surface area contributed by atoms with Crippen molar-refractivity contribution in [1.82, 2.24) is 29.1 Å². The highest BCUT2D eigenvalue weighted by atomic mass is 15.1. The van der Waals surface area contributed by atoms with E-state index in [1.54, 1.807) is 12.4 Å². The van der Waals surface area contributed by atoms with Crippen LogP contribution < -0.4 is 0 Å². The van der Waals surface area contributed by atoms with Crippen LogP contribution in [0.4, 0.5) is 0 Å². The lowest BCUT2D eigenvalue weighted by Gasteiger charge is -2.16. The highest BCUT2D eigenvalue weighted by molar-refractivity contribution is 6.23. The minimum absolute atomic E-state index is 0.592. The molecule has 4 aromatic heterocycles. The molecule has 6 heteroatoms. The molecule has 0 unspecified atom stereocenters. The van der Waals surface area contributed by atoms with Crippen LogP contribution in [0.15, 0.2) is 194 Å². The van der Waals surface area contributed by atoms with Crippen LogP contribution >= 0.6 is 0 Å². The van der Waals surface area contributed by atoms with Gasteiger partial charge in [-0.1, -0.05) is 127 Å². The van der Waals surface area contributed by atoms with Crippen molar-refractivity contribution in [3.63, 3.8) is 0 Å². The Morgan fingerprint density at radius 2 is 0.750 bits per heavy atom. The summed E-state index contributed by atoms with van der Waals surface area (Å²) < 4.78 is 4.85. The summed E-state index contributed by atoms with van der Waals surface area (Å²) in [7, 11) is 0. The van der Waals surface area contributed by atoms with E-state index >= 15 is 0 Å². The Balaban J connectivity index is 1.26. The van der Waals surface area contributed by atoms with Gasteiger partial charge in [0.25, 0.3) is 0 Å². The van der Waals surface area contributed by atoms with Gasteiger partial charge in [0.05, 0.1) is 22.1 Å². The molecule has 0 amide bonds. The van der Waals surface area contributed by atoms with Crippen LogP contribution in [0.5, 0.6) is 0 Å². The highest BCUT2D eigenvalue weighted by Crippen LogP contribution is 2.42. The largest absolute Gasteiger partial charge is 0.307 e. The number of nitrogens with zero attached hydrogens (tertiary/aromatic N) is 6. The van der Waals surface area contributed by atoms with Gasteiger partial charge in [0.15, 0.2) is 17.5 Å². The molecule has 11 rings (SSSR count). The third-order valence-electron chi connectivity index (χ3n) is 10.6. The van der Waals surface area contributed by atoms with Gasteiger partial charge in [-0.05, 0) is 65.7 Å². The Hall–Kier alpha value is -7.70. The van der Waals surface area contributed by atoms with Crippen LogP contribution in [0.2, 0.25) is 0 Å². The fourth-order valence-corrected chi connectivity index (χ4v) is 8.13. The Bertz CT molecular complexity index is 3170. The molecule has 0 aliphatic rings. The monoisotopic (exact) mass is 716 g/mol. The molecule has 0 saturated heterocycles. The first-order valence-corrected chi connectivity index (χ1v) is 18.7. The van der Waals surface area contributed by atoms with Crippen molar-refractivity contribution in [2.45, 2.75) is 0 Å². The Labute approximate surface area is 322 Å². The third kappa shape index (κ3) is 5.19. The molecule has 0 spiro atoms. The summed E-state index contributed by atoms with van der Waals surface area (Å²) in [5, 5.41) is 4.79. The zero-order valence-electron chi connectivity index (χ0n) is 30.2. The lowest BCUT2D eigenvalue weighted by atomic mass is 10.0. The average molecular weight is 717 g/mol. The van der Waals surface area contributed by atoms with E-state index in [1.165, 1.54) is 27.1 Å². The molecule has 7 aromatic carbocycles. The summed E-state index contributed by atoms with van der Waals surface area (Å²) in [6.07, 6.45) is 3.54. The van der Waals surface area contributed by atoms with Crippen LogP contribution in [0.3, 0.4) is 0 Å². The first-order chi connectivity index (χ1) is 27.8. The molecule has 11 aromatic rings. The second-order valence-corrected chi connectivity index (χ2v) is 13.9. The first-order valence-electron chi connectivity index (χ1n) is 18.7. The molecule has 0 atom stereocenters. The number of rotatable bonds is 6. The first kappa shape index (κ1) is 31.8. The van der Waals surface area contributed by atoms with Crippen molar-refractivity contribution < 1.29 is 0 Å². The van der Waals surface area contributed by atoms with E-state index in [9.17, 15) is 0 Å². The topological polar surface area (TPSA) is 61.4 Å². The van der Waals surface area contributed by atoms with E-state index in [0.717, 1.165) is 55.7 Å². The summed E-state index contributed by atoms with van der Waals surface area (Å²) in [5.41, 5.74) is 11.6. The quantitative estimate of drug-likeness (QED) is 0.172. The Morgan fingerprint density at radius 3 is 1.34 bits per heavy atom. The van der Waals surface area contributed by atoms with Crippen LogP contribution in [-0.2, 0) is 0 Å². The molecule has 0 saturated carbocycles. The van der Waals surface area contributed by atoms with Gasteiger partial charge in [-0.3, -0.25) is 4.98 Å². The average Bonchev–Trinajstić information content (AvgIpc) is 3.80. The number of para-hydroxylation sites is 3. The van der Waals surface area contributed by atoms with Gasteiger partial charge in [-0.2, -0.15) is 0 Å². The van der Waals surface area contributed by atoms with E-state index in [1.807, 2.05) is 42.5 Å². The molecule has 0 fully saturated rings. The van der Waals surface area contributed by atoms with E-state index < -0.39 is 0 Å². The van der Waals surface area contributed by atoms with Gasteiger partial charge >= 0.3 is 0 Å². The molecular weight excluding hydrogens is 685 g/mol. The second-order valence-electron chi connectivity index (χ2n) is 13.9. The lowest BCUT2D eigenvalue weighted by Crippen LogP contribution is -2.02. The van der Waals surface area contributed by atoms with Gasteiger partial charge in [0, 0.05) is 62.0 Å². The zero-order chi connectivity index (χ0) is 37.0. The molecule has 56 heavy (non-hydrogen) atoms. The van der Waals surface area contributed by atoms with E-state index in [0.29, 0.717) is 17.5 Å². The van der Waals surface area contributed by atoms with Crippen LogP contribution in [0, 0.1) is 0 Å². The van der Waals surface area contributed by atoms with Crippen molar-refractivity contribution in [2.24, 2.45) is 0 Å². The molecule has 262 valence electrons. The van der Waals surface area contributed by atoms with Crippen molar-refractivity contribution in [2.75, 3.05) is 0 Å². The van der Waals surface area contributed by atoms with Crippen molar-refractivity contribution in [3.05, 3.63) is 194 Å². The minimum atomic E-state index is 0.592. The fourth-order valence-electron chi connectivity index (χ4n) is 8.13. The maximum absolute atomic E-state index is 5.16. The standard InChI is InChI=1S/C50H32N6/c1-4-14-33(15-5-1)36-30-37(50-53-48(34-16-6-2-7-17-34)52-49(54-50)35-26-28-51-29-27-35)32-39(31-36)56-45-23-13-11-21-41(45)43-25-24-42-40-20-10-12-22-44(40)55(46(42)47(43)56)38-18-8-3-9-19-38/h1-32H. The van der Waals surface area contributed by atoms with Crippen LogP contribution in [-0.4, -0.2) is 29.1 Å². The fraction of sp³-hybridized carbons (Fsp3) is 0. The summed E-state index contributed by atoms with van der Waals surface area (Å²) in [6, 6.07) is 63.9. The predicted octanol–water partition coefficient (Wildman–Crippen LogP) is 12.1. The minimum Gasteiger partial charge on any atom is -0.307 e. The van der Waals surface area contributed by atoms with Gasteiger partial charge in [0.1, 0.15) is 0 Å². The third-order valence-corrected chi connectivity index (χ3v) is 10.6. The number of hydrogen-bond acceptors (Lipinski definition) is 4. The van der Waals surface area contributed by atoms with Gasteiger partial charge < -0.3 is 9.13 Å². The zero-order valence-corrected chi connectivity index (χ0v) is 30.2. The van der Waals surface area contributed by atoms with E-state index in [2.05, 4.69) is 154 Å². The lowest BCUT2D eigenvalue weighted by molar-refractivity contribution is 1.07. The van der Waals surface area contributed by atoms with E-state index in [4.69, 9.17) is 15.0 Å². The molecule has 6 nitrogen and oxygen atoms in total. The number of aromatic nitrogens is 6. The van der Waals surface area contributed by atoms with E-state index in [-0.39, 0.29) is 0 Å². The van der Waals surface area contributed by atoms with Crippen molar-refractivity contribution in [1.29, 1.82) is 0 Å². The van der Waals surface area contributed by atoms with Crippen molar-refractivity contribution in [3.8, 4) is 56.7 Å². The summed E-state index contributed by atoms with van der Waals surface area (Å²) in [6.45, 7) is 0. The predicted molar refractivity (Wildman–Crippen MR) is 228 cm³/mol. The van der Waals surface area contributed by atoms with Gasteiger partial charge in [-0.15, -0.1) is 0 Å². The Kier molecular flexibility index (Phi) is 7.38. The summed E-state index contributed by atoms with van der Waals surface area (Å²) in [4.78, 5) is 19.5. The maximum Gasteiger partial charge on any atom is 0.164 e. The Morgan fingerprint density at radius 1 is 0.304 bits per heavy atom. The SMILES string of the molecule is c1ccc(-c2cc(-c3nc(-c4ccccc4)nc(-c4ccncc4)n3)cc(-n3c4ccccc4c4ccc5c6ccccc6n(-c6ccccc6)c5c43)c2)cc1. The van der Waals surface area contributed by atoms with Crippen LogP contribution in [0.25, 0.3) is 100 Å². The summed E-state index contributed by atoms with van der Waals surface area (Å²) in [5.74, 6) is 1.79. The molecule has 4 heterocycles. The smallest absolute Gasteiger partial charge is 0.164 e. The summed E-state index contributed by atoms with van der Waals surface area (Å²) >= 11 is 0. The number of hydrogen-bond donors (Lipinski definition) is 0. The molecular formula is C50H32N6. The molecule has 0 radical (unpaired) electrons. The van der Waals surface area contributed by atoms with Crippen molar-refractivity contribution >= 4 is 43.6 Å². The number of fused-ring (bicyclic) bond motifs is 7. The second kappa shape index (κ2) is 13.0. The molecule has 0 aliphatic heterocycles. The van der Waals surface area contributed by atoms with Gasteiger partial charge in [0.2, 0.25) is 0 Å². The molecule has 0 bridgehead atoms. The molecule has 0 N–H and O–H groups in total. The normalized spacial score (nSPS) is 11.6. The van der Waals surface area contributed by atoms with Gasteiger partial charge in [-0.25, -0.2) is 15.0 Å². The number of benzene rings is 7. The molecule has 0 aliphatic carbocycles.